The molecule has 8 heavy (non-hydrogen) atoms. The van der Waals surface area contributed by atoms with Gasteiger partial charge in [0.2, 0.25) is 0 Å². The smallest absolute Gasteiger partial charge is 0.187 e. The molecule has 0 bridgehead atoms. The van der Waals surface area contributed by atoms with Crippen LogP contribution < -0.4 is 0 Å². The Bertz CT molecular complexity index is 174. The van der Waals surface area contributed by atoms with Gasteiger partial charge in [0, 0.05) is 14.0 Å². The summed E-state index contributed by atoms with van der Waals surface area (Å²) in [6.07, 6.45) is 0. The van der Waals surface area contributed by atoms with E-state index in [0.717, 1.165) is 0 Å². The standard InChI is InChI=1S/C4H6N3S/c1-3-5-6-4(8)7(3)2/h1H2,2H3,(H,6,8). The predicted molar refractivity (Wildman–Crippen MR) is 32.7 cm³/mol. The molecule has 43 valence electrons. The molecule has 0 spiro atoms. The molecule has 0 unspecified atom stereocenters. The summed E-state index contributed by atoms with van der Waals surface area (Å²) in [7, 11) is 1.81. The van der Waals surface area contributed by atoms with Crippen LogP contribution in [0.25, 0.3) is 0 Å². The van der Waals surface area contributed by atoms with Crippen LogP contribution in [0.2, 0.25) is 0 Å². The topological polar surface area (TPSA) is 30.7 Å². The molecule has 0 saturated carbocycles. The van der Waals surface area contributed by atoms with E-state index in [2.05, 4.69) is 29.7 Å². The Balaban J connectivity index is 3.19. The van der Waals surface area contributed by atoms with Gasteiger partial charge in [-0.15, -0.1) is 22.8 Å². The molecular weight excluding hydrogens is 122 g/mol. The summed E-state index contributed by atoms with van der Waals surface area (Å²) in [5.41, 5.74) is 0. The zero-order valence-electron chi connectivity index (χ0n) is 4.50. The van der Waals surface area contributed by atoms with Crippen LogP contribution >= 0.6 is 12.6 Å². The number of aromatic nitrogens is 3. The van der Waals surface area contributed by atoms with Gasteiger partial charge in [-0.05, 0) is 0 Å². The molecule has 0 atom stereocenters. The van der Waals surface area contributed by atoms with Crippen molar-refractivity contribution in [1.82, 2.24) is 14.8 Å². The molecule has 0 aliphatic carbocycles. The lowest BCUT2D eigenvalue weighted by Crippen LogP contribution is -1.90. The van der Waals surface area contributed by atoms with Crippen molar-refractivity contribution in [2.24, 2.45) is 7.05 Å². The summed E-state index contributed by atoms with van der Waals surface area (Å²) in [4.78, 5) is 0. The zero-order chi connectivity index (χ0) is 6.15. The lowest BCUT2D eigenvalue weighted by Gasteiger charge is -1.89. The van der Waals surface area contributed by atoms with Crippen LogP contribution in [0.15, 0.2) is 5.16 Å². The number of hydrogen-bond acceptors (Lipinski definition) is 3. The van der Waals surface area contributed by atoms with Crippen LogP contribution in [0.4, 0.5) is 0 Å². The Morgan fingerprint density at radius 1 is 1.62 bits per heavy atom. The van der Waals surface area contributed by atoms with E-state index in [0.29, 0.717) is 11.0 Å². The number of nitrogens with zero attached hydrogens (tertiary/aromatic N) is 3. The third-order valence-electron chi connectivity index (χ3n) is 0.942. The fourth-order valence-corrected chi connectivity index (χ4v) is 0.512. The highest BCUT2D eigenvalue weighted by Gasteiger charge is 1.96. The lowest BCUT2D eigenvalue weighted by molar-refractivity contribution is 0.781. The monoisotopic (exact) mass is 128 g/mol. The summed E-state index contributed by atoms with van der Waals surface area (Å²) in [5, 5.41) is 7.86. The summed E-state index contributed by atoms with van der Waals surface area (Å²) >= 11 is 3.97. The molecule has 0 fully saturated rings. The van der Waals surface area contributed by atoms with Crippen LogP contribution in [0.5, 0.6) is 0 Å². The maximum absolute atomic E-state index is 3.97. The van der Waals surface area contributed by atoms with Crippen molar-refractivity contribution < 1.29 is 0 Å². The van der Waals surface area contributed by atoms with E-state index in [1.165, 1.54) is 0 Å². The van der Waals surface area contributed by atoms with E-state index in [9.17, 15) is 0 Å². The van der Waals surface area contributed by atoms with Gasteiger partial charge < -0.3 is 4.57 Å². The number of rotatable bonds is 0. The molecule has 1 heterocycles. The van der Waals surface area contributed by atoms with Gasteiger partial charge in [-0.25, -0.2) is 0 Å². The molecule has 1 aromatic heterocycles. The van der Waals surface area contributed by atoms with Gasteiger partial charge in [0.05, 0.1) is 0 Å². The summed E-state index contributed by atoms with van der Waals surface area (Å²) in [6.45, 7) is 3.58. The van der Waals surface area contributed by atoms with E-state index in [1.54, 1.807) is 4.57 Å². The Kier molecular flexibility index (Phi) is 1.25. The molecule has 4 heteroatoms. The highest BCUT2D eigenvalue weighted by molar-refractivity contribution is 7.80. The molecule has 3 nitrogen and oxygen atoms in total. The van der Waals surface area contributed by atoms with Crippen LogP contribution in [0.3, 0.4) is 0 Å². The lowest BCUT2D eigenvalue weighted by atomic mass is 10.7. The van der Waals surface area contributed by atoms with Gasteiger partial charge in [0.15, 0.2) is 5.16 Å². The fraction of sp³-hybridized carbons (Fsp3) is 0.250. The zero-order valence-corrected chi connectivity index (χ0v) is 5.39. The Morgan fingerprint density at radius 3 is 2.38 bits per heavy atom. The van der Waals surface area contributed by atoms with E-state index in [-0.39, 0.29) is 0 Å². The number of thiol groups is 1. The van der Waals surface area contributed by atoms with Crippen molar-refractivity contribution in [2.45, 2.75) is 5.16 Å². The second kappa shape index (κ2) is 1.78. The van der Waals surface area contributed by atoms with Crippen molar-refractivity contribution in [2.75, 3.05) is 0 Å². The predicted octanol–water partition coefficient (Wildman–Crippen LogP) is 0.286. The van der Waals surface area contributed by atoms with Crippen LogP contribution in [-0.4, -0.2) is 14.8 Å². The molecule has 0 N–H and O–H groups in total. The van der Waals surface area contributed by atoms with Gasteiger partial charge in [0.25, 0.3) is 0 Å². The summed E-state index contributed by atoms with van der Waals surface area (Å²) in [6, 6.07) is 0. The molecule has 1 radical (unpaired) electrons. The molecule has 0 aromatic carbocycles. The van der Waals surface area contributed by atoms with E-state index in [4.69, 9.17) is 0 Å². The van der Waals surface area contributed by atoms with Crippen LogP contribution in [0.1, 0.15) is 5.82 Å². The summed E-state index contributed by atoms with van der Waals surface area (Å²) < 4.78 is 1.70. The second-order valence-electron chi connectivity index (χ2n) is 1.48. The maximum Gasteiger partial charge on any atom is 0.187 e. The molecule has 1 rings (SSSR count). The molecule has 0 aliphatic heterocycles. The van der Waals surface area contributed by atoms with Crippen molar-refractivity contribution in [3.05, 3.63) is 12.7 Å². The average Bonchev–Trinajstić information content (AvgIpc) is 1.98. The van der Waals surface area contributed by atoms with Gasteiger partial charge in [-0.1, -0.05) is 0 Å². The maximum atomic E-state index is 3.97. The third-order valence-corrected chi connectivity index (χ3v) is 1.33. The van der Waals surface area contributed by atoms with Gasteiger partial charge >= 0.3 is 0 Å². The number of hydrogen-bond donors (Lipinski definition) is 1. The Labute approximate surface area is 53.1 Å². The first-order chi connectivity index (χ1) is 3.72. The first kappa shape index (κ1) is 5.62. The van der Waals surface area contributed by atoms with Gasteiger partial charge in [-0.2, -0.15) is 0 Å². The highest BCUT2D eigenvalue weighted by atomic mass is 32.1. The Hall–Kier alpha value is -0.510. The Morgan fingerprint density at radius 2 is 2.25 bits per heavy atom. The van der Waals surface area contributed by atoms with Gasteiger partial charge in [0.1, 0.15) is 5.82 Å². The minimum Gasteiger partial charge on any atom is -0.309 e. The molecule has 0 amide bonds. The van der Waals surface area contributed by atoms with Crippen molar-refractivity contribution in [3.8, 4) is 0 Å². The first-order valence-electron chi connectivity index (χ1n) is 2.12. The molecular formula is C4H6N3S. The van der Waals surface area contributed by atoms with Crippen molar-refractivity contribution in [1.29, 1.82) is 0 Å². The quantitative estimate of drug-likeness (QED) is 0.509. The molecule has 0 saturated heterocycles. The largest absolute Gasteiger partial charge is 0.309 e. The van der Waals surface area contributed by atoms with Crippen LogP contribution in [0, 0.1) is 6.92 Å². The fourth-order valence-electron chi connectivity index (χ4n) is 0.352. The van der Waals surface area contributed by atoms with Crippen molar-refractivity contribution >= 4 is 12.6 Å². The second-order valence-corrected chi connectivity index (χ2v) is 1.88. The minimum absolute atomic E-state index is 0.593. The molecule has 0 aliphatic rings. The van der Waals surface area contributed by atoms with Crippen molar-refractivity contribution in [3.63, 3.8) is 0 Å². The van der Waals surface area contributed by atoms with E-state index < -0.39 is 0 Å². The molecule has 1 aromatic rings. The van der Waals surface area contributed by atoms with Crippen LogP contribution in [-0.2, 0) is 7.05 Å². The third kappa shape index (κ3) is 0.709. The SMILES string of the molecule is [CH2]c1nnc(S)n1C. The van der Waals surface area contributed by atoms with E-state index in [1.807, 2.05) is 7.05 Å². The first-order valence-corrected chi connectivity index (χ1v) is 2.57. The minimum atomic E-state index is 0.593. The average molecular weight is 128 g/mol. The summed E-state index contributed by atoms with van der Waals surface area (Å²) in [5.74, 6) is 0.634. The highest BCUT2D eigenvalue weighted by Crippen LogP contribution is 1.99. The normalized spacial score (nSPS) is 9.88. The van der Waals surface area contributed by atoms with Gasteiger partial charge in [-0.3, -0.25) is 0 Å². The van der Waals surface area contributed by atoms with E-state index >= 15 is 0 Å².